The Morgan fingerprint density at radius 2 is 1.89 bits per heavy atom. The third-order valence-electron chi connectivity index (χ3n) is 5.74. The molecule has 1 aliphatic rings. The van der Waals surface area contributed by atoms with E-state index >= 15 is 0 Å². The van der Waals surface area contributed by atoms with Gasteiger partial charge in [0.1, 0.15) is 0 Å². The Bertz CT molecular complexity index is 1540. The summed E-state index contributed by atoms with van der Waals surface area (Å²) >= 11 is 6.51. The van der Waals surface area contributed by atoms with Gasteiger partial charge in [-0.15, -0.1) is 0 Å². The number of carbonyl (C=O) groups excluding carboxylic acids is 2. The molecule has 0 bridgehead atoms. The van der Waals surface area contributed by atoms with E-state index in [1.165, 1.54) is 36.1 Å². The predicted molar refractivity (Wildman–Crippen MR) is 135 cm³/mol. The van der Waals surface area contributed by atoms with Gasteiger partial charge in [-0.25, -0.2) is 12.7 Å². The average Bonchev–Trinajstić information content (AvgIpc) is 3.31. The maximum atomic E-state index is 13.5. The molecule has 1 fully saturated rings. The van der Waals surface area contributed by atoms with Gasteiger partial charge in [0.05, 0.1) is 35.0 Å². The summed E-state index contributed by atoms with van der Waals surface area (Å²) in [6.07, 6.45) is -0.505. The fourth-order valence-corrected chi connectivity index (χ4v) is 5.13. The number of halogens is 4. The molecule has 0 N–H and O–H groups in total. The van der Waals surface area contributed by atoms with Crippen LogP contribution in [-0.4, -0.2) is 64.9 Å². The number of sulfonamides is 1. The van der Waals surface area contributed by atoms with Crippen molar-refractivity contribution >= 4 is 61.5 Å². The first-order valence-electron chi connectivity index (χ1n) is 10.7. The largest absolute Gasteiger partial charge is 0.416 e. The lowest BCUT2D eigenvalue weighted by Gasteiger charge is -2.18. The Balaban J connectivity index is 1.54. The van der Waals surface area contributed by atoms with Crippen LogP contribution in [-0.2, 0) is 27.5 Å². The van der Waals surface area contributed by atoms with Crippen molar-refractivity contribution in [2.45, 2.75) is 12.7 Å². The molecule has 2 amide bonds. The van der Waals surface area contributed by atoms with Crippen LogP contribution in [0.1, 0.15) is 16.7 Å². The van der Waals surface area contributed by atoms with Gasteiger partial charge in [0.15, 0.2) is 0 Å². The molecule has 0 aliphatic carbocycles. The van der Waals surface area contributed by atoms with Gasteiger partial charge in [-0.2, -0.15) is 18.3 Å². The summed E-state index contributed by atoms with van der Waals surface area (Å²) in [4.78, 5) is 26.2. The standard InChI is InChI=1S/C23H20ClF3N4O4S2/c1-29(37(2,34)35)7-8-30-21(32)20(36-22(30)33)10-14-3-6-19-16(9-14)12-28-31(19)13-15-4-5-17(24)11-18(15)23(25,26)27/h3-6,9-12H,7-8,13H2,1-2H3. The molecule has 8 nitrogen and oxygen atoms in total. The van der Waals surface area contributed by atoms with E-state index in [4.69, 9.17) is 11.6 Å². The molecule has 3 aromatic rings. The van der Waals surface area contributed by atoms with Gasteiger partial charge < -0.3 is 0 Å². The monoisotopic (exact) mass is 572 g/mol. The highest BCUT2D eigenvalue weighted by Gasteiger charge is 2.35. The van der Waals surface area contributed by atoms with E-state index in [1.807, 2.05) is 0 Å². The van der Waals surface area contributed by atoms with E-state index in [9.17, 15) is 31.2 Å². The Morgan fingerprint density at radius 3 is 2.57 bits per heavy atom. The molecule has 0 saturated carbocycles. The van der Waals surface area contributed by atoms with Crippen LogP contribution in [0.5, 0.6) is 0 Å². The minimum atomic E-state index is -4.57. The van der Waals surface area contributed by atoms with Gasteiger partial charge >= 0.3 is 6.18 Å². The first-order valence-corrected chi connectivity index (χ1v) is 13.8. The highest BCUT2D eigenvalue weighted by atomic mass is 35.5. The molecule has 1 aromatic heterocycles. The zero-order valence-electron chi connectivity index (χ0n) is 19.5. The van der Waals surface area contributed by atoms with Crippen LogP contribution in [0.15, 0.2) is 47.5 Å². The second-order valence-corrected chi connectivity index (χ2v) is 11.9. The molecular weight excluding hydrogens is 553 g/mol. The highest BCUT2D eigenvalue weighted by molar-refractivity contribution is 8.18. The van der Waals surface area contributed by atoms with E-state index in [1.54, 1.807) is 18.2 Å². The Labute approximate surface area is 219 Å². The fourth-order valence-electron chi connectivity index (χ4n) is 3.68. The second kappa shape index (κ2) is 10.1. The molecule has 0 radical (unpaired) electrons. The van der Waals surface area contributed by atoms with Crippen LogP contribution < -0.4 is 0 Å². The molecule has 196 valence electrons. The molecule has 37 heavy (non-hydrogen) atoms. The van der Waals surface area contributed by atoms with Crippen molar-refractivity contribution in [2.24, 2.45) is 0 Å². The lowest BCUT2D eigenvalue weighted by Crippen LogP contribution is -2.37. The molecule has 1 aliphatic heterocycles. The number of aromatic nitrogens is 2. The molecule has 4 rings (SSSR count). The van der Waals surface area contributed by atoms with Crippen molar-refractivity contribution in [1.29, 1.82) is 0 Å². The summed E-state index contributed by atoms with van der Waals surface area (Å²) in [5, 5.41) is 4.33. The number of amides is 2. The number of imide groups is 1. The number of likely N-dealkylation sites (N-methyl/N-ethyl adjacent to an activating group) is 1. The quantitative estimate of drug-likeness (QED) is 0.382. The molecule has 14 heteroatoms. The van der Waals surface area contributed by atoms with E-state index in [-0.39, 0.29) is 35.1 Å². The molecule has 2 aromatic carbocycles. The van der Waals surface area contributed by atoms with E-state index < -0.39 is 32.9 Å². The molecule has 1 saturated heterocycles. The number of hydrogen-bond acceptors (Lipinski definition) is 6. The van der Waals surface area contributed by atoms with Gasteiger partial charge in [0.2, 0.25) is 10.0 Å². The van der Waals surface area contributed by atoms with Gasteiger partial charge in [-0.05, 0) is 53.2 Å². The highest BCUT2D eigenvalue weighted by Crippen LogP contribution is 2.35. The molecule has 0 unspecified atom stereocenters. The first-order chi connectivity index (χ1) is 17.2. The van der Waals surface area contributed by atoms with Gasteiger partial charge in [-0.3, -0.25) is 19.2 Å². The normalized spacial score (nSPS) is 16.1. The third-order valence-corrected chi connectivity index (χ3v) is 8.20. The van der Waals surface area contributed by atoms with Crippen molar-refractivity contribution in [3.63, 3.8) is 0 Å². The van der Waals surface area contributed by atoms with Gasteiger partial charge in [-0.1, -0.05) is 23.7 Å². The van der Waals surface area contributed by atoms with Crippen LogP contribution in [0, 0.1) is 0 Å². The number of alkyl halides is 3. The summed E-state index contributed by atoms with van der Waals surface area (Å²) in [5.41, 5.74) is 0.352. The Morgan fingerprint density at radius 1 is 1.16 bits per heavy atom. The van der Waals surface area contributed by atoms with Gasteiger partial charge in [0, 0.05) is 30.5 Å². The summed E-state index contributed by atoms with van der Waals surface area (Å²) in [6, 6.07) is 8.63. The number of carbonyl (C=O) groups is 2. The summed E-state index contributed by atoms with van der Waals surface area (Å²) in [6.45, 7) is -0.239. The fraction of sp³-hybridized carbons (Fsp3) is 0.261. The summed E-state index contributed by atoms with van der Waals surface area (Å²) in [5.74, 6) is -0.532. The van der Waals surface area contributed by atoms with Crippen molar-refractivity contribution in [2.75, 3.05) is 26.4 Å². The molecule has 2 heterocycles. The van der Waals surface area contributed by atoms with Crippen LogP contribution in [0.25, 0.3) is 17.0 Å². The maximum Gasteiger partial charge on any atom is 0.416 e. The van der Waals surface area contributed by atoms with Crippen LogP contribution >= 0.6 is 23.4 Å². The van der Waals surface area contributed by atoms with Crippen LogP contribution in [0.3, 0.4) is 0 Å². The Kier molecular flexibility index (Phi) is 7.43. The van der Waals surface area contributed by atoms with Crippen LogP contribution in [0.2, 0.25) is 5.02 Å². The zero-order chi connectivity index (χ0) is 27.1. The average molecular weight is 573 g/mol. The minimum absolute atomic E-state index is 0.0150. The number of fused-ring (bicyclic) bond motifs is 1. The SMILES string of the molecule is CN(CCN1C(=O)SC(=Cc2ccc3c(cnn3Cc3ccc(Cl)cc3C(F)(F)F)c2)C1=O)S(C)(=O)=O. The van der Waals surface area contributed by atoms with Crippen molar-refractivity contribution in [3.8, 4) is 0 Å². The summed E-state index contributed by atoms with van der Waals surface area (Å²) < 4.78 is 66.0. The number of nitrogens with zero attached hydrogens (tertiary/aromatic N) is 4. The summed E-state index contributed by atoms with van der Waals surface area (Å²) in [7, 11) is -2.09. The Hall–Kier alpha value is -2.87. The molecular formula is C23H20ClF3N4O4S2. The molecule has 0 atom stereocenters. The smallest absolute Gasteiger partial charge is 0.268 e. The minimum Gasteiger partial charge on any atom is -0.268 e. The second-order valence-electron chi connectivity index (χ2n) is 8.34. The number of thioether (sulfide) groups is 1. The van der Waals surface area contributed by atoms with E-state index in [0.29, 0.717) is 16.5 Å². The first kappa shape index (κ1) is 27.2. The van der Waals surface area contributed by atoms with Crippen molar-refractivity contribution in [3.05, 3.63) is 69.2 Å². The third kappa shape index (κ3) is 6.00. The van der Waals surface area contributed by atoms with E-state index in [2.05, 4.69) is 5.10 Å². The number of hydrogen-bond donors (Lipinski definition) is 0. The predicted octanol–water partition coefficient (Wildman–Crippen LogP) is 4.68. The topological polar surface area (TPSA) is 92.6 Å². The van der Waals surface area contributed by atoms with Crippen molar-refractivity contribution in [1.82, 2.24) is 19.0 Å². The van der Waals surface area contributed by atoms with Crippen molar-refractivity contribution < 1.29 is 31.2 Å². The van der Waals surface area contributed by atoms with E-state index in [0.717, 1.165) is 33.3 Å². The van der Waals surface area contributed by atoms with Crippen LogP contribution in [0.4, 0.5) is 18.0 Å². The lowest BCUT2D eigenvalue weighted by molar-refractivity contribution is -0.138. The zero-order valence-corrected chi connectivity index (χ0v) is 21.9. The maximum absolute atomic E-state index is 13.5. The number of rotatable bonds is 7. The number of benzene rings is 2. The molecule has 0 spiro atoms. The lowest BCUT2D eigenvalue weighted by atomic mass is 10.1. The van der Waals surface area contributed by atoms with Gasteiger partial charge in [0.25, 0.3) is 11.1 Å².